The summed E-state index contributed by atoms with van der Waals surface area (Å²) < 4.78 is 0. The molecule has 0 unspecified atom stereocenters. The molecule has 3 N–H and O–H groups in total. The van der Waals surface area contributed by atoms with E-state index in [2.05, 4.69) is 43.9 Å². The quantitative estimate of drug-likeness (QED) is 0.293. The number of benzene rings is 2. The first-order chi connectivity index (χ1) is 16.6. The average molecular weight is 447 g/mol. The number of nitrogens with one attached hydrogen (secondary N) is 3. The molecule has 0 radical (unpaired) electrons. The smallest absolute Gasteiger partial charge is 0.255 e. The third-order valence-electron chi connectivity index (χ3n) is 5.29. The van der Waals surface area contributed by atoms with Gasteiger partial charge >= 0.3 is 0 Å². The zero-order valence-electron chi connectivity index (χ0n) is 18.5. The highest BCUT2D eigenvalue weighted by Crippen LogP contribution is 2.26. The molecule has 0 aliphatic rings. The highest BCUT2D eigenvalue weighted by molar-refractivity contribution is 6.04. The van der Waals surface area contributed by atoms with Crippen LogP contribution in [0.2, 0.25) is 0 Å². The number of pyridine rings is 3. The van der Waals surface area contributed by atoms with E-state index in [-0.39, 0.29) is 5.91 Å². The molecule has 7 nitrogen and oxygen atoms in total. The van der Waals surface area contributed by atoms with E-state index in [0.717, 1.165) is 28.0 Å². The van der Waals surface area contributed by atoms with Gasteiger partial charge in [0, 0.05) is 64.6 Å². The van der Waals surface area contributed by atoms with Gasteiger partial charge < -0.3 is 16.0 Å². The fourth-order valence-electron chi connectivity index (χ4n) is 3.59. The van der Waals surface area contributed by atoms with Crippen LogP contribution in [0.25, 0.3) is 10.9 Å². The first-order valence-electron chi connectivity index (χ1n) is 10.8. The number of hydrogen-bond donors (Lipinski definition) is 3. The minimum atomic E-state index is -0.197. The number of carbonyl (C=O) groups excluding carboxylic acids is 1. The Morgan fingerprint density at radius 2 is 1.44 bits per heavy atom. The Balaban J connectivity index is 1.27. The number of amides is 1. The summed E-state index contributed by atoms with van der Waals surface area (Å²) in [5.74, 6) is 0.431. The summed E-state index contributed by atoms with van der Waals surface area (Å²) in [6, 6.07) is 22.7. The van der Waals surface area contributed by atoms with Crippen LogP contribution in [0.1, 0.15) is 15.9 Å². The van der Waals surface area contributed by atoms with Gasteiger partial charge in [0.05, 0.1) is 5.52 Å². The Labute approximate surface area is 196 Å². The predicted molar refractivity (Wildman–Crippen MR) is 136 cm³/mol. The number of aromatic nitrogens is 3. The maximum atomic E-state index is 12.8. The lowest BCUT2D eigenvalue weighted by Gasteiger charge is -2.11. The number of fused-ring (bicyclic) bond motifs is 1. The van der Waals surface area contributed by atoms with Crippen LogP contribution in [0, 0.1) is 6.92 Å². The third-order valence-corrected chi connectivity index (χ3v) is 5.29. The van der Waals surface area contributed by atoms with Crippen LogP contribution in [0.3, 0.4) is 0 Å². The molecule has 34 heavy (non-hydrogen) atoms. The van der Waals surface area contributed by atoms with Gasteiger partial charge in [0.25, 0.3) is 5.91 Å². The Hall–Kier alpha value is -4.78. The van der Waals surface area contributed by atoms with Gasteiger partial charge in [0.15, 0.2) is 0 Å². The van der Waals surface area contributed by atoms with E-state index in [1.165, 1.54) is 5.56 Å². The second-order valence-electron chi connectivity index (χ2n) is 7.83. The van der Waals surface area contributed by atoms with E-state index in [0.29, 0.717) is 17.1 Å². The van der Waals surface area contributed by atoms with Crippen molar-refractivity contribution in [2.75, 3.05) is 16.0 Å². The van der Waals surface area contributed by atoms with Crippen LogP contribution < -0.4 is 16.0 Å². The van der Waals surface area contributed by atoms with E-state index >= 15 is 0 Å². The molecule has 0 bridgehead atoms. The van der Waals surface area contributed by atoms with Gasteiger partial charge in [0.2, 0.25) is 0 Å². The number of aryl methyl sites for hydroxylation is 1. The van der Waals surface area contributed by atoms with Crippen LogP contribution >= 0.6 is 0 Å². The molecule has 0 spiro atoms. The van der Waals surface area contributed by atoms with E-state index in [9.17, 15) is 4.79 Å². The Morgan fingerprint density at radius 3 is 2.26 bits per heavy atom. The molecule has 0 saturated heterocycles. The molecule has 166 valence electrons. The second kappa shape index (κ2) is 9.38. The summed E-state index contributed by atoms with van der Waals surface area (Å²) in [6.45, 7) is 2.06. The topological polar surface area (TPSA) is 91.8 Å². The highest BCUT2D eigenvalue weighted by atomic mass is 16.1. The molecule has 5 aromatic rings. The van der Waals surface area contributed by atoms with Crippen molar-refractivity contribution in [1.82, 2.24) is 15.0 Å². The summed E-state index contributed by atoms with van der Waals surface area (Å²) in [7, 11) is 0. The van der Waals surface area contributed by atoms with Crippen molar-refractivity contribution in [2.24, 2.45) is 0 Å². The van der Waals surface area contributed by atoms with Crippen molar-refractivity contribution >= 4 is 45.4 Å². The molecule has 0 aliphatic heterocycles. The monoisotopic (exact) mass is 446 g/mol. The molecule has 1 amide bonds. The number of nitrogens with zero attached hydrogens (tertiary/aromatic N) is 3. The third kappa shape index (κ3) is 4.83. The van der Waals surface area contributed by atoms with Crippen LogP contribution in [0.5, 0.6) is 0 Å². The molecule has 0 fully saturated rings. The molecule has 0 atom stereocenters. The van der Waals surface area contributed by atoms with Crippen molar-refractivity contribution < 1.29 is 4.79 Å². The Morgan fingerprint density at radius 1 is 0.706 bits per heavy atom. The van der Waals surface area contributed by atoms with E-state index in [4.69, 9.17) is 0 Å². The number of hydrogen-bond acceptors (Lipinski definition) is 6. The summed E-state index contributed by atoms with van der Waals surface area (Å²) in [6.07, 6.45) is 6.83. The molecule has 5 rings (SSSR count). The maximum absolute atomic E-state index is 12.8. The van der Waals surface area contributed by atoms with Crippen molar-refractivity contribution in [3.8, 4) is 0 Å². The predicted octanol–water partition coefficient (Wildman–Crippen LogP) is 6.07. The van der Waals surface area contributed by atoms with Gasteiger partial charge in [-0.1, -0.05) is 11.6 Å². The normalized spacial score (nSPS) is 10.6. The van der Waals surface area contributed by atoms with Crippen LogP contribution in [-0.4, -0.2) is 20.9 Å². The van der Waals surface area contributed by atoms with Gasteiger partial charge in [-0.05, 0) is 67.6 Å². The van der Waals surface area contributed by atoms with Crippen molar-refractivity contribution in [1.29, 1.82) is 0 Å². The fourth-order valence-corrected chi connectivity index (χ4v) is 3.59. The zero-order chi connectivity index (χ0) is 23.3. The van der Waals surface area contributed by atoms with Gasteiger partial charge in [-0.2, -0.15) is 0 Å². The summed E-state index contributed by atoms with van der Waals surface area (Å²) >= 11 is 0. The molecule has 7 heteroatoms. The molecular formula is C27H22N6O. The standard InChI is InChI=1S/C27H22N6O/c1-18-2-7-24-23(16-18)25(11-15-29-24)31-20-5-3-19(4-6-20)27(34)33-22-10-14-30-26(17-22)32-21-8-12-28-13-9-21/h2-17H,1H3,(H,29,31)(H2,28,30,32,33,34). The van der Waals surface area contributed by atoms with Crippen molar-refractivity contribution in [3.63, 3.8) is 0 Å². The molecule has 2 aromatic carbocycles. The lowest BCUT2D eigenvalue weighted by molar-refractivity contribution is 0.102. The SMILES string of the molecule is Cc1ccc2nccc(Nc3ccc(C(=O)Nc4ccnc(Nc5ccncc5)c4)cc3)c2c1. The molecule has 0 aliphatic carbocycles. The number of anilines is 5. The van der Waals surface area contributed by atoms with Crippen molar-refractivity contribution in [2.45, 2.75) is 6.92 Å². The molecule has 3 heterocycles. The first-order valence-corrected chi connectivity index (χ1v) is 10.8. The Bertz CT molecular complexity index is 1450. The van der Waals surface area contributed by atoms with Crippen molar-refractivity contribution in [3.05, 3.63) is 109 Å². The fraction of sp³-hybridized carbons (Fsp3) is 0.0370. The lowest BCUT2D eigenvalue weighted by atomic mass is 10.1. The first kappa shape index (κ1) is 21.1. The van der Waals surface area contributed by atoms with Gasteiger partial charge in [-0.25, -0.2) is 4.98 Å². The number of rotatable bonds is 6. The largest absolute Gasteiger partial charge is 0.355 e. The minimum absolute atomic E-state index is 0.197. The van der Waals surface area contributed by atoms with E-state index in [1.54, 1.807) is 49.1 Å². The molecular weight excluding hydrogens is 424 g/mol. The average Bonchev–Trinajstić information content (AvgIpc) is 2.86. The molecule has 0 saturated carbocycles. The summed E-state index contributed by atoms with van der Waals surface area (Å²) in [4.78, 5) is 25.5. The van der Waals surface area contributed by atoms with Gasteiger partial charge in [-0.3, -0.25) is 14.8 Å². The van der Waals surface area contributed by atoms with Crippen LogP contribution in [0.4, 0.5) is 28.6 Å². The minimum Gasteiger partial charge on any atom is -0.355 e. The lowest BCUT2D eigenvalue weighted by Crippen LogP contribution is -2.12. The summed E-state index contributed by atoms with van der Waals surface area (Å²) in [5.41, 5.74) is 6.03. The highest BCUT2D eigenvalue weighted by Gasteiger charge is 2.08. The summed E-state index contributed by atoms with van der Waals surface area (Å²) in [5, 5.41) is 10.6. The Kier molecular flexibility index (Phi) is 5.82. The van der Waals surface area contributed by atoms with Gasteiger partial charge in [-0.15, -0.1) is 0 Å². The van der Waals surface area contributed by atoms with E-state index < -0.39 is 0 Å². The second-order valence-corrected chi connectivity index (χ2v) is 7.83. The van der Waals surface area contributed by atoms with Crippen LogP contribution in [0.15, 0.2) is 97.6 Å². The van der Waals surface area contributed by atoms with Crippen LogP contribution in [-0.2, 0) is 0 Å². The zero-order valence-corrected chi connectivity index (χ0v) is 18.5. The van der Waals surface area contributed by atoms with E-state index in [1.807, 2.05) is 42.5 Å². The maximum Gasteiger partial charge on any atom is 0.255 e. The van der Waals surface area contributed by atoms with Gasteiger partial charge in [0.1, 0.15) is 5.82 Å². The molecule has 3 aromatic heterocycles. The number of carbonyl (C=O) groups is 1.